The third-order valence-electron chi connectivity index (χ3n) is 11.4. The molecular weight excluding hydrogens is 819 g/mol. The number of nitrogens with zero attached hydrogens (tertiary/aromatic N) is 3. The molecule has 2 saturated heterocycles. The van der Waals surface area contributed by atoms with Crippen LogP contribution in [0.3, 0.4) is 0 Å². The Balaban J connectivity index is 1.82. The Bertz CT molecular complexity index is 1970. The average molecular weight is 880 g/mol. The number of carbonyl (C=O) groups is 8. The number of aromatic amines is 1. The van der Waals surface area contributed by atoms with Gasteiger partial charge in [-0.3, -0.25) is 43.3 Å². The van der Waals surface area contributed by atoms with Crippen LogP contribution in [0.2, 0.25) is 0 Å². The molecule has 344 valence electrons. The maximum atomic E-state index is 14.5. The number of carbonyl (C=O) groups excluding carboxylic acids is 7. The monoisotopic (exact) mass is 879 g/mol. The van der Waals surface area contributed by atoms with Gasteiger partial charge in [-0.2, -0.15) is 0 Å². The van der Waals surface area contributed by atoms with Crippen LogP contribution < -0.4 is 38.1 Å². The van der Waals surface area contributed by atoms with Crippen molar-refractivity contribution in [2.24, 2.45) is 34.2 Å². The maximum absolute atomic E-state index is 14.5. The number of guanidine groups is 1. The average Bonchev–Trinajstić information content (AvgIpc) is 3.94. The molecule has 2 fully saturated rings. The Morgan fingerprint density at radius 1 is 0.857 bits per heavy atom. The molecule has 0 unspecified atom stereocenters. The third-order valence-corrected chi connectivity index (χ3v) is 11.4. The van der Waals surface area contributed by atoms with Gasteiger partial charge in [0, 0.05) is 44.2 Å². The van der Waals surface area contributed by atoms with Crippen molar-refractivity contribution >= 4 is 53.2 Å². The Kier molecular flexibility index (Phi) is 18.0. The number of aliphatic carboxylic acids is 1. The molecule has 4 rings (SSSR count). The SMILES string of the molecule is CC[C@H](C)[C@@H]1NC(=O)[C@H](Cc2ccc(O)cc2)NC(=O)[C@H](C(C)C)NC(=O)[C@H](CCCN=C(N)N)NC(=O)[C@H](CC(=O)O)CC(=O)[C@@H]2CCCN2C(=O)[C@H](Cc2cnc[nH]2)NC1=O. The summed E-state index contributed by atoms with van der Waals surface area (Å²) in [6.45, 7) is 7.04. The van der Waals surface area contributed by atoms with Crippen molar-refractivity contribution in [3.8, 4) is 5.75 Å². The van der Waals surface area contributed by atoms with Crippen molar-refractivity contribution in [2.45, 2.75) is 122 Å². The number of phenols is 1. The number of ketones is 1. The number of aromatic hydroxyl groups is 1. The van der Waals surface area contributed by atoms with Crippen molar-refractivity contribution in [1.29, 1.82) is 0 Å². The van der Waals surface area contributed by atoms with Crippen LogP contribution in [0.4, 0.5) is 0 Å². The fourth-order valence-electron chi connectivity index (χ4n) is 7.64. The molecule has 6 amide bonds. The van der Waals surface area contributed by atoms with E-state index < -0.39 is 114 Å². The lowest BCUT2D eigenvalue weighted by Gasteiger charge is -2.31. The minimum atomic E-state index is -1.46. The van der Waals surface area contributed by atoms with Gasteiger partial charge in [0.1, 0.15) is 36.0 Å². The zero-order valence-electron chi connectivity index (χ0n) is 36.1. The first-order valence-electron chi connectivity index (χ1n) is 21.3. The number of fused-ring (bicyclic) bond motifs is 1. The number of hydrogen-bond donors (Lipinski definition) is 10. The number of aromatic nitrogens is 2. The Labute approximate surface area is 365 Å². The number of imidazole rings is 1. The summed E-state index contributed by atoms with van der Waals surface area (Å²) in [5.74, 6) is -9.38. The van der Waals surface area contributed by atoms with Crippen LogP contribution in [-0.4, -0.2) is 128 Å². The fraction of sp³-hybridized carbons (Fsp3) is 0.571. The summed E-state index contributed by atoms with van der Waals surface area (Å²) in [6, 6.07) is -1.60. The minimum absolute atomic E-state index is 0.0340. The molecule has 0 saturated carbocycles. The molecule has 0 radical (unpaired) electrons. The van der Waals surface area contributed by atoms with Crippen LogP contribution in [0.15, 0.2) is 41.8 Å². The van der Waals surface area contributed by atoms with Gasteiger partial charge in [-0.15, -0.1) is 0 Å². The van der Waals surface area contributed by atoms with Gasteiger partial charge in [0.25, 0.3) is 0 Å². The molecule has 12 N–H and O–H groups in total. The van der Waals surface area contributed by atoms with E-state index in [1.165, 1.54) is 29.6 Å². The number of phenolic OH excluding ortho intramolecular Hbond substituents is 1. The van der Waals surface area contributed by atoms with E-state index >= 15 is 0 Å². The number of Topliss-reactive ketones (excluding diaryl/α,β-unsaturated/α-hetero) is 1. The first-order chi connectivity index (χ1) is 29.9. The number of carboxylic acid groups (broad SMARTS) is 1. The van der Waals surface area contributed by atoms with Gasteiger partial charge in [-0.25, -0.2) is 4.98 Å². The zero-order chi connectivity index (χ0) is 46.4. The summed E-state index contributed by atoms with van der Waals surface area (Å²) >= 11 is 0. The number of amides is 6. The lowest BCUT2D eigenvalue weighted by Crippen LogP contribution is -2.61. The van der Waals surface area contributed by atoms with Crippen LogP contribution in [0.25, 0.3) is 0 Å². The summed E-state index contributed by atoms with van der Waals surface area (Å²) in [5.41, 5.74) is 12.0. The van der Waals surface area contributed by atoms with Gasteiger partial charge in [0.05, 0.1) is 24.7 Å². The Morgan fingerprint density at radius 3 is 2.11 bits per heavy atom. The van der Waals surface area contributed by atoms with E-state index in [1.807, 2.05) is 6.92 Å². The zero-order valence-corrected chi connectivity index (χ0v) is 36.1. The number of hydrogen-bond acceptors (Lipinski definition) is 11. The molecule has 3 heterocycles. The topological polar surface area (TPSA) is 333 Å². The molecule has 0 spiro atoms. The molecule has 1 aromatic heterocycles. The van der Waals surface area contributed by atoms with Crippen molar-refractivity contribution in [3.05, 3.63) is 48.0 Å². The minimum Gasteiger partial charge on any atom is -0.508 e. The van der Waals surface area contributed by atoms with Gasteiger partial charge in [0.15, 0.2) is 11.7 Å². The number of H-pyrrole nitrogens is 1. The molecule has 2 aromatic rings. The molecule has 63 heavy (non-hydrogen) atoms. The standard InChI is InChI=1S/C42H61N11O10/c1-5-23(4)35-40(62)50-30(19-26-20-45-21-47-26)41(63)53-15-7-9-31(53)32(55)17-25(18-33(56)57)36(58)48-28(8-6-14-46-42(43)44)37(59)51-34(22(2)3)39(61)49-29(38(60)52-35)16-24-10-12-27(54)13-11-24/h10-13,20-23,25,28-31,34-35,54H,5-9,14-19H2,1-4H3,(H,45,47)(H,48,58)(H,49,61)(H,50,62)(H,51,59)(H,52,60)(H,56,57)(H4,43,44,46)/t23-,25-,28-,29-,30-,31-,34-,35-/m0/s1. The van der Waals surface area contributed by atoms with Crippen molar-refractivity contribution in [1.82, 2.24) is 41.5 Å². The van der Waals surface area contributed by atoms with E-state index in [2.05, 4.69) is 41.5 Å². The van der Waals surface area contributed by atoms with Gasteiger partial charge < -0.3 is 58.1 Å². The van der Waals surface area contributed by atoms with Crippen LogP contribution in [0.1, 0.15) is 83.9 Å². The summed E-state index contributed by atoms with van der Waals surface area (Å²) < 4.78 is 0. The predicted molar refractivity (Wildman–Crippen MR) is 228 cm³/mol. The highest BCUT2D eigenvalue weighted by Crippen LogP contribution is 2.25. The van der Waals surface area contributed by atoms with E-state index in [-0.39, 0.29) is 56.9 Å². The summed E-state index contributed by atoms with van der Waals surface area (Å²) in [4.78, 5) is 124. The van der Waals surface area contributed by atoms with Crippen molar-refractivity contribution < 1.29 is 48.6 Å². The van der Waals surface area contributed by atoms with E-state index in [1.54, 1.807) is 32.9 Å². The molecule has 0 bridgehead atoms. The highest BCUT2D eigenvalue weighted by Gasteiger charge is 2.41. The molecule has 8 atom stereocenters. The Morgan fingerprint density at radius 2 is 1.49 bits per heavy atom. The summed E-state index contributed by atoms with van der Waals surface area (Å²) in [6.07, 6.45) is 2.44. The molecule has 21 nitrogen and oxygen atoms in total. The first-order valence-corrected chi connectivity index (χ1v) is 21.3. The van der Waals surface area contributed by atoms with E-state index in [4.69, 9.17) is 11.5 Å². The smallest absolute Gasteiger partial charge is 0.304 e. The second-order valence-electron chi connectivity index (χ2n) is 16.5. The summed E-state index contributed by atoms with van der Waals surface area (Å²) in [7, 11) is 0. The summed E-state index contributed by atoms with van der Waals surface area (Å²) in [5, 5.41) is 33.4. The van der Waals surface area contributed by atoms with Crippen LogP contribution in [0, 0.1) is 17.8 Å². The number of aliphatic imine (C=N–C) groups is 1. The molecular formula is C42H61N11O10. The van der Waals surface area contributed by atoms with Gasteiger partial charge in [0.2, 0.25) is 35.4 Å². The van der Waals surface area contributed by atoms with Gasteiger partial charge >= 0.3 is 5.97 Å². The third kappa shape index (κ3) is 14.3. The van der Waals surface area contributed by atoms with Crippen LogP contribution >= 0.6 is 0 Å². The van der Waals surface area contributed by atoms with Gasteiger partial charge in [-0.1, -0.05) is 46.2 Å². The Hall–Kier alpha value is -6.54. The van der Waals surface area contributed by atoms with Crippen molar-refractivity contribution in [3.63, 3.8) is 0 Å². The fourth-order valence-corrected chi connectivity index (χ4v) is 7.64. The highest BCUT2D eigenvalue weighted by atomic mass is 16.4. The number of nitrogens with one attached hydrogen (secondary N) is 6. The lowest BCUT2D eigenvalue weighted by molar-refractivity contribution is -0.144. The number of carboxylic acids is 1. The second-order valence-corrected chi connectivity index (χ2v) is 16.5. The van der Waals surface area contributed by atoms with Crippen LogP contribution in [0.5, 0.6) is 5.75 Å². The predicted octanol–water partition coefficient (Wildman–Crippen LogP) is -0.865. The largest absolute Gasteiger partial charge is 0.508 e. The van der Waals surface area contributed by atoms with Crippen LogP contribution in [-0.2, 0) is 51.2 Å². The highest BCUT2D eigenvalue weighted by molar-refractivity contribution is 5.99. The maximum Gasteiger partial charge on any atom is 0.304 e. The van der Waals surface area contributed by atoms with E-state index in [9.17, 15) is 48.6 Å². The molecule has 21 heteroatoms. The van der Waals surface area contributed by atoms with Crippen molar-refractivity contribution in [2.75, 3.05) is 13.1 Å². The molecule has 0 aliphatic carbocycles. The number of nitrogens with two attached hydrogens (primary N) is 2. The quantitative estimate of drug-likeness (QED) is 0.0666. The number of benzene rings is 1. The van der Waals surface area contributed by atoms with E-state index in [0.717, 1.165) is 0 Å². The van der Waals surface area contributed by atoms with Gasteiger partial charge in [-0.05, 0) is 55.2 Å². The molecule has 2 aliphatic heterocycles. The molecule has 2 aliphatic rings. The number of rotatable bonds is 13. The van der Waals surface area contributed by atoms with E-state index in [0.29, 0.717) is 24.1 Å². The normalized spacial score (nSPS) is 25.1. The lowest BCUT2D eigenvalue weighted by atomic mass is 9.93. The molecule has 1 aromatic carbocycles. The first kappa shape index (κ1) is 49.1. The second kappa shape index (κ2) is 23.1.